The highest BCUT2D eigenvalue weighted by atomic mass is 16.6. The van der Waals surface area contributed by atoms with Gasteiger partial charge in [0.1, 0.15) is 23.9 Å². The Morgan fingerprint density at radius 2 is 1.84 bits per heavy atom. The third kappa shape index (κ3) is 3.37. The highest BCUT2D eigenvalue weighted by Crippen LogP contribution is 2.44. The molecule has 3 aliphatic rings. The van der Waals surface area contributed by atoms with Gasteiger partial charge in [0.05, 0.1) is 12.1 Å². The molecule has 4 rings (SSSR count). The van der Waals surface area contributed by atoms with Crippen LogP contribution in [0.2, 0.25) is 0 Å². The molecule has 3 atom stereocenters. The SMILES string of the molecule is CC1CCC2(CNC2=O)N1C(=O)[C@H]1N(C(=O)OCc2ccccc2)C(C)(C)OC1(C)C. The first-order valence-electron chi connectivity index (χ1n) is 10.8. The summed E-state index contributed by atoms with van der Waals surface area (Å²) in [6.07, 6.45) is 0.758. The fourth-order valence-electron chi connectivity index (χ4n) is 5.33. The number of nitrogens with zero attached hydrogens (tertiary/aromatic N) is 2. The van der Waals surface area contributed by atoms with Gasteiger partial charge in [0.25, 0.3) is 0 Å². The van der Waals surface area contributed by atoms with E-state index in [-0.39, 0.29) is 24.5 Å². The Kier molecular flexibility index (Phi) is 5.04. The molecule has 8 heteroatoms. The average molecular weight is 430 g/mol. The molecule has 1 aromatic rings. The third-order valence-electron chi connectivity index (χ3n) is 6.72. The molecule has 3 heterocycles. The first-order valence-corrected chi connectivity index (χ1v) is 10.8. The number of ether oxygens (including phenoxy) is 2. The van der Waals surface area contributed by atoms with Gasteiger partial charge in [-0.15, -0.1) is 0 Å². The summed E-state index contributed by atoms with van der Waals surface area (Å²) >= 11 is 0. The summed E-state index contributed by atoms with van der Waals surface area (Å²) in [6, 6.07) is 8.38. The fourth-order valence-corrected chi connectivity index (χ4v) is 5.33. The number of nitrogens with one attached hydrogen (secondary N) is 1. The zero-order chi connectivity index (χ0) is 22.6. The van der Waals surface area contributed by atoms with E-state index in [9.17, 15) is 14.4 Å². The summed E-state index contributed by atoms with van der Waals surface area (Å²) < 4.78 is 11.8. The standard InChI is InChI=1S/C23H31N3O5/c1-15-11-12-23(14-24-19(23)28)25(15)18(27)17-21(2,3)31-22(4,5)26(17)20(29)30-13-16-9-7-6-8-10-16/h6-10,15,17H,11-14H2,1-5H3,(H,24,28)/t15?,17-,23?/m1/s1. The van der Waals surface area contributed by atoms with Crippen LogP contribution in [0.3, 0.4) is 0 Å². The van der Waals surface area contributed by atoms with Crippen LogP contribution < -0.4 is 5.32 Å². The van der Waals surface area contributed by atoms with Gasteiger partial charge in [0, 0.05) is 6.04 Å². The van der Waals surface area contributed by atoms with Crippen LogP contribution in [0.15, 0.2) is 30.3 Å². The average Bonchev–Trinajstić information content (AvgIpc) is 3.16. The van der Waals surface area contributed by atoms with Crippen molar-refractivity contribution in [3.05, 3.63) is 35.9 Å². The zero-order valence-electron chi connectivity index (χ0n) is 18.8. The molecule has 0 saturated carbocycles. The van der Waals surface area contributed by atoms with Crippen LogP contribution in [0.1, 0.15) is 53.0 Å². The molecule has 3 fully saturated rings. The van der Waals surface area contributed by atoms with Gasteiger partial charge in [-0.05, 0) is 53.0 Å². The maximum absolute atomic E-state index is 13.9. The monoisotopic (exact) mass is 429 g/mol. The number of hydrogen-bond donors (Lipinski definition) is 1. The van der Waals surface area contributed by atoms with Crippen molar-refractivity contribution in [3.63, 3.8) is 0 Å². The number of carbonyl (C=O) groups is 3. The van der Waals surface area contributed by atoms with Gasteiger partial charge >= 0.3 is 6.09 Å². The molecule has 2 unspecified atom stereocenters. The molecule has 8 nitrogen and oxygen atoms in total. The quantitative estimate of drug-likeness (QED) is 0.746. The molecule has 0 aromatic heterocycles. The van der Waals surface area contributed by atoms with Crippen molar-refractivity contribution in [2.75, 3.05) is 6.54 Å². The Morgan fingerprint density at radius 3 is 2.42 bits per heavy atom. The molecule has 1 aromatic carbocycles. The molecule has 0 radical (unpaired) electrons. The number of β-lactam (4-membered cyclic amide) rings is 1. The van der Waals surface area contributed by atoms with Crippen molar-refractivity contribution in [2.24, 2.45) is 0 Å². The normalized spacial score (nSPS) is 30.8. The highest BCUT2D eigenvalue weighted by molar-refractivity contribution is 5.99. The lowest BCUT2D eigenvalue weighted by molar-refractivity contribution is -0.158. The molecule has 168 valence electrons. The molecule has 1 spiro atoms. The summed E-state index contributed by atoms with van der Waals surface area (Å²) in [4.78, 5) is 42.7. The first kappa shape index (κ1) is 21.6. The van der Waals surface area contributed by atoms with Crippen molar-refractivity contribution in [2.45, 2.75) is 83.0 Å². The van der Waals surface area contributed by atoms with Crippen LogP contribution in [0.4, 0.5) is 4.79 Å². The van der Waals surface area contributed by atoms with Crippen LogP contribution in [0.25, 0.3) is 0 Å². The van der Waals surface area contributed by atoms with Crippen molar-refractivity contribution < 1.29 is 23.9 Å². The predicted octanol–water partition coefficient (Wildman–Crippen LogP) is 2.42. The Labute approximate surface area is 182 Å². The van der Waals surface area contributed by atoms with Crippen LogP contribution in [0, 0.1) is 0 Å². The molecule has 3 aliphatic heterocycles. The lowest BCUT2D eigenvalue weighted by atomic mass is 9.86. The van der Waals surface area contributed by atoms with E-state index in [4.69, 9.17) is 9.47 Å². The van der Waals surface area contributed by atoms with Crippen molar-refractivity contribution in [1.82, 2.24) is 15.1 Å². The van der Waals surface area contributed by atoms with E-state index in [1.54, 1.807) is 32.6 Å². The van der Waals surface area contributed by atoms with Crippen LogP contribution >= 0.6 is 0 Å². The minimum atomic E-state index is -1.05. The van der Waals surface area contributed by atoms with Gasteiger partial charge < -0.3 is 19.7 Å². The van der Waals surface area contributed by atoms with Crippen molar-refractivity contribution in [3.8, 4) is 0 Å². The maximum Gasteiger partial charge on any atom is 0.413 e. The molecule has 3 saturated heterocycles. The molecular formula is C23H31N3O5. The van der Waals surface area contributed by atoms with E-state index in [1.165, 1.54) is 4.90 Å². The molecule has 0 aliphatic carbocycles. The van der Waals surface area contributed by atoms with Gasteiger partial charge in [-0.1, -0.05) is 30.3 Å². The van der Waals surface area contributed by atoms with Crippen molar-refractivity contribution in [1.29, 1.82) is 0 Å². The number of rotatable bonds is 3. The Hall–Kier alpha value is -2.61. The first-order chi connectivity index (χ1) is 14.5. The lowest BCUT2D eigenvalue weighted by Crippen LogP contribution is -2.74. The molecular weight excluding hydrogens is 398 g/mol. The van der Waals surface area contributed by atoms with Crippen LogP contribution in [-0.4, -0.2) is 63.2 Å². The second-order valence-corrected chi connectivity index (χ2v) is 9.78. The van der Waals surface area contributed by atoms with Gasteiger partial charge in [-0.25, -0.2) is 4.79 Å². The summed E-state index contributed by atoms with van der Waals surface area (Å²) in [5.74, 6) is -0.397. The second-order valence-electron chi connectivity index (χ2n) is 9.78. The Balaban J connectivity index is 1.62. The molecule has 1 N–H and O–H groups in total. The van der Waals surface area contributed by atoms with Gasteiger partial charge in [-0.3, -0.25) is 14.5 Å². The lowest BCUT2D eigenvalue weighted by Gasteiger charge is -2.47. The van der Waals surface area contributed by atoms with Gasteiger partial charge in [0.2, 0.25) is 11.8 Å². The molecule has 31 heavy (non-hydrogen) atoms. The largest absolute Gasteiger partial charge is 0.444 e. The number of carbonyl (C=O) groups excluding carboxylic acids is 3. The van der Waals surface area contributed by atoms with E-state index in [1.807, 2.05) is 37.3 Å². The number of benzene rings is 1. The summed E-state index contributed by atoms with van der Waals surface area (Å²) in [5.41, 5.74) is -1.96. The Bertz CT molecular complexity index is 900. The number of likely N-dealkylation sites (tertiary alicyclic amines) is 1. The van der Waals surface area contributed by atoms with Crippen LogP contribution in [-0.2, 0) is 25.7 Å². The number of amides is 3. The van der Waals surface area contributed by atoms with Crippen molar-refractivity contribution >= 4 is 17.9 Å². The van der Waals surface area contributed by atoms with Gasteiger partial charge in [-0.2, -0.15) is 0 Å². The maximum atomic E-state index is 13.9. The topological polar surface area (TPSA) is 88.2 Å². The molecule has 3 amide bonds. The summed E-state index contributed by atoms with van der Waals surface area (Å²) in [6.45, 7) is 9.60. The van der Waals surface area contributed by atoms with Gasteiger partial charge in [0.15, 0.2) is 0 Å². The summed E-state index contributed by atoms with van der Waals surface area (Å²) in [5, 5.41) is 2.78. The minimum absolute atomic E-state index is 0.0970. The minimum Gasteiger partial charge on any atom is -0.444 e. The highest BCUT2D eigenvalue weighted by Gasteiger charge is 2.64. The third-order valence-corrected chi connectivity index (χ3v) is 6.72. The van der Waals surface area contributed by atoms with E-state index in [2.05, 4.69) is 5.32 Å². The number of hydrogen-bond acceptors (Lipinski definition) is 5. The fraction of sp³-hybridized carbons (Fsp3) is 0.609. The van der Waals surface area contributed by atoms with E-state index in [0.717, 1.165) is 12.0 Å². The predicted molar refractivity (Wildman–Crippen MR) is 113 cm³/mol. The van der Waals surface area contributed by atoms with E-state index >= 15 is 0 Å². The second kappa shape index (κ2) is 7.22. The van der Waals surface area contributed by atoms with E-state index < -0.39 is 29.0 Å². The van der Waals surface area contributed by atoms with E-state index in [0.29, 0.717) is 13.0 Å². The molecule has 0 bridgehead atoms. The zero-order valence-corrected chi connectivity index (χ0v) is 18.8. The summed E-state index contributed by atoms with van der Waals surface area (Å²) in [7, 11) is 0. The Morgan fingerprint density at radius 1 is 1.16 bits per heavy atom. The smallest absolute Gasteiger partial charge is 0.413 e. The van der Waals surface area contributed by atoms with Crippen LogP contribution in [0.5, 0.6) is 0 Å².